The number of rotatable bonds is 4. The lowest BCUT2D eigenvalue weighted by Crippen LogP contribution is -2.50. The number of nitrogens with zero attached hydrogens (tertiary/aromatic N) is 5. The molecule has 0 atom stereocenters. The average molecular weight is 375 g/mol. The van der Waals surface area contributed by atoms with E-state index in [9.17, 15) is 9.59 Å². The molecule has 3 heterocycles. The molecule has 142 valence electrons. The van der Waals surface area contributed by atoms with Crippen LogP contribution in [0.15, 0.2) is 71.7 Å². The van der Waals surface area contributed by atoms with Crippen LogP contribution >= 0.6 is 0 Å². The van der Waals surface area contributed by atoms with Crippen LogP contribution in [0.25, 0.3) is 11.3 Å². The van der Waals surface area contributed by atoms with Crippen molar-refractivity contribution in [1.29, 1.82) is 0 Å². The van der Waals surface area contributed by atoms with Crippen molar-refractivity contribution in [2.24, 2.45) is 0 Å². The summed E-state index contributed by atoms with van der Waals surface area (Å²) in [6.45, 7) is 2.58. The van der Waals surface area contributed by atoms with Crippen LogP contribution in [0, 0.1) is 0 Å². The standard InChI is InChI=1S/C21H21N5O2/c27-20-10-9-18(17-6-2-1-3-7-17)23-26(20)16-21(28)25-14-12-24(13-15-25)19-8-4-5-11-22-19/h1-11H,12-16H2. The summed E-state index contributed by atoms with van der Waals surface area (Å²) in [4.78, 5) is 33.2. The van der Waals surface area contributed by atoms with Crippen molar-refractivity contribution in [1.82, 2.24) is 19.7 Å². The van der Waals surface area contributed by atoms with Gasteiger partial charge >= 0.3 is 0 Å². The van der Waals surface area contributed by atoms with E-state index in [1.165, 1.54) is 10.7 Å². The Morgan fingerprint density at radius 2 is 1.64 bits per heavy atom. The van der Waals surface area contributed by atoms with E-state index in [2.05, 4.69) is 15.0 Å². The summed E-state index contributed by atoms with van der Waals surface area (Å²) < 4.78 is 1.25. The third kappa shape index (κ3) is 3.93. The van der Waals surface area contributed by atoms with Gasteiger partial charge in [-0.3, -0.25) is 9.59 Å². The molecule has 1 aromatic carbocycles. The molecule has 3 aromatic rings. The van der Waals surface area contributed by atoms with Crippen molar-refractivity contribution in [3.8, 4) is 11.3 Å². The van der Waals surface area contributed by atoms with E-state index >= 15 is 0 Å². The fraction of sp³-hybridized carbons (Fsp3) is 0.238. The minimum atomic E-state index is -0.278. The zero-order chi connectivity index (χ0) is 19.3. The van der Waals surface area contributed by atoms with Crippen molar-refractivity contribution in [3.05, 3.63) is 77.2 Å². The number of aromatic nitrogens is 3. The maximum absolute atomic E-state index is 12.7. The molecule has 0 unspecified atom stereocenters. The van der Waals surface area contributed by atoms with Gasteiger partial charge in [-0.2, -0.15) is 5.10 Å². The molecule has 0 aliphatic carbocycles. The van der Waals surface area contributed by atoms with Gasteiger partial charge in [-0.25, -0.2) is 9.67 Å². The van der Waals surface area contributed by atoms with Gasteiger partial charge in [0.2, 0.25) is 5.91 Å². The van der Waals surface area contributed by atoms with E-state index < -0.39 is 0 Å². The van der Waals surface area contributed by atoms with Crippen LogP contribution in [0.5, 0.6) is 0 Å². The molecule has 0 spiro atoms. The molecule has 2 aromatic heterocycles. The summed E-state index contributed by atoms with van der Waals surface area (Å²) in [7, 11) is 0. The third-order valence-electron chi connectivity index (χ3n) is 4.83. The number of pyridine rings is 1. The topological polar surface area (TPSA) is 71.3 Å². The number of amides is 1. The van der Waals surface area contributed by atoms with Crippen molar-refractivity contribution in [2.75, 3.05) is 31.1 Å². The first-order valence-electron chi connectivity index (χ1n) is 9.28. The van der Waals surface area contributed by atoms with Crippen LogP contribution in [0.2, 0.25) is 0 Å². The first kappa shape index (κ1) is 17.9. The minimum Gasteiger partial charge on any atom is -0.353 e. The monoisotopic (exact) mass is 375 g/mol. The van der Waals surface area contributed by atoms with Gasteiger partial charge in [0.25, 0.3) is 5.56 Å². The Kier molecular flexibility index (Phi) is 5.14. The molecule has 28 heavy (non-hydrogen) atoms. The van der Waals surface area contributed by atoms with E-state index in [0.29, 0.717) is 18.8 Å². The lowest BCUT2D eigenvalue weighted by molar-refractivity contribution is -0.132. The Bertz CT molecular complexity index is 996. The largest absolute Gasteiger partial charge is 0.353 e. The molecule has 1 aliphatic heterocycles. The van der Waals surface area contributed by atoms with E-state index in [-0.39, 0.29) is 18.0 Å². The van der Waals surface area contributed by atoms with Crippen LogP contribution < -0.4 is 10.5 Å². The molecule has 1 amide bonds. The van der Waals surface area contributed by atoms with Gasteiger partial charge in [0.15, 0.2) is 0 Å². The number of carbonyl (C=O) groups excluding carboxylic acids is 1. The molecule has 7 nitrogen and oxygen atoms in total. The zero-order valence-corrected chi connectivity index (χ0v) is 15.4. The van der Waals surface area contributed by atoms with Crippen LogP contribution in [0.1, 0.15) is 0 Å². The normalized spacial score (nSPS) is 14.1. The zero-order valence-electron chi connectivity index (χ0n) is 15.4. The summed E-state index contributed by atoms with van der Waals surface area (Å²) in [5, 5.41) is 4.38. The Hall–Kier alpha value is -3.48. The van der Waals surface area contributed by atoms with Crippen LogP contribution in [0.3, 0.4) is 0 Å². The second-order valence-electron chi connectivity index (χ2n) is 6.64. The van der Waals surface area contributed by atoms with Crippen molar-refractivity contribution in [3.63, 3.8) is 0 Å². The SMILES string of the molecule is O=C(Cn1nc(-c2ccccc2)ccc1=O)N1CCN(c2ccccn2)CC1. The van der Waals surface area contributed by atoms with Crippen LogP contribution in [-0.2, 0) is 11.3 Å². The molecule has 1 aliphatic rings. The quantitative estimate of drug-likeness (QED) is 0.694. The maximum atomic E-state index is 12.7. The highest BCUT2D eigenvalue weighted by molar-refractivity contribution is 5.76. The molecule has 0 bridgehead atoms. The predicted octanol–water partition coefficient (Wildman–Crippen LogP) is 1.65. The molecule has 0 N–H and O–H groups in total. The highest BCUT2D eigenvalue weighted by atomic mass is 16.2. The van der Waals surface area contributed by atoms with Crippen LogP contribution in [-0.4, -0.2) is 51.8 Å². The third-order valence-corrected chi connectivity index (χ3v) is 4.83. The van der Waals surface area contributed by atoms with Gasteiger partial charge in [0, 0.05) is 44.0 Å². The van der Waals surface area contributed by atoms with Gasteiger partial charge < -0.3 is 9.80 Å². The summed E-state index contributed by atoms with van der Waals surface area (Å²) >= 11 is 0. The van der Waals surface area contributed by atoms with Gasteiger partial charge in [0.1, 0.15) is 12.4 Å². The molecule has 0 saturated carbocycles. The highest BCUT2D eigenvalue weighted by Crippen LogP contribution is 2.15. The number of carbonyl (C=O) groups is 1. The van der Waals surface area contributed by atoms with Gasteiger partial charge in [-0.05, 0) is 18.2 Å². The average Bonchev–Trinajstić information content (AvgIpc) is 2.76. The number of anilines is 1. The van der Waals surface area contributed by atoms with Gasteiger partial charge in [-0.15, -0.1) is 0 Å². The van der Waals surface area contributed by atoms with Crippen LogP contribution in [0.4, 0.5) is 5.82 Å². The van der Waals surface area contributed by atoms with E-state index in [0.717, 1.165) is 24.5 Å². The second-order valence-corrected chi connectivity index (χ2v) is 6.64. The summed E-state index contributed by atoms with van der Waals surface area (Å²) in [6, 6.07) is 18.6. The Balaban J connectivity index is 1.42. The first-order valence-corrected chi connectivity index (χ1v) is 9.28. The Morgan fingerprint density at radius 1 is 0.893 bits per heavy atom. The predicted molar refractivity (Wildman–Crippen MR) is 107 cm³/mol. The first-order chi connectivity index (χ1) is 13.7. The molecule has 4 rings (SSSR count). The Labute approximate surface area is 162 Å². The number of hydrogen-bond acceptors (Lipinski definition) is 5. The second kappa shape index (κ2) is 8.04. The fourth-order valence-electron chi connectivity index (χ4n) is 3.28. The fourth-order valence-corrected chi connectivity index (χ4v) is 3.28. The molecular weight excluding hydrogens is 354 g/mol. The smallest absolute Gasteiger partial charge is 0.267 e. The molecule has 7 heteroatoms. The maximum Gasteiger partial charge on any atom is 0.267 e. The minimum absolute atomic E-state index is 0.0525. The van der Waals surface area contributed by atoms with E-state index in [4.69, 9.17) is 0 Å². The van der Waals surface area contributed by atoms with E-state index in [1.807, 2.05) is 48.5 Å². The van der Waals surface area contributed by atoms with Gasteiger partial charge in [-0.1, -0.05) is 36.4 Å². The van der Waals surface area contributed by atoms with Crippen molar-refractivity contribution < 1.29 is 4.79 Å². The lowest BCUT2D eigenvalue weighted by Gasteiger charge is -2.35. The van der Waals surface area contributed by atoms with Crippen molar-refractivity contribution in [2.45, 2.75) is 6.54 Å². The molecule has 0 radical (unpaired) electrons. The number of piperazine rings is 1. The van der Waals surface area contributed by atoms with E-state index in [1.54, 1.807) is 17.2 Å². The molecular formula is C21H21N5O2. The lowest BCUT2D eigenvalue weighted by atomic mass is 10.1. The highest BCUT2D eigenvalue weighted by Gasteiger charge is 2.22. The summed E-state index contributed by atoms with van der Waals surface area (Å²) in [6.07, 6.45) is 1.77. The summed E-state index contributed by atoms with van der Waals surface area (Å²) in [5.41, 5.74) is 1.31. The van der Waals surface area contributed by atoms with Gasteiger partial charge in [0.05, 0.1) is 5.69 Å². The molecule has 1 saturated heterocycles. The van der Waals surface area contributed by atoms with Crippen molar-refractivity contribution >= 4 is 11.7 Å². The molecule has 1 fully saturated rings. The summed E-state index contributed by atoms with van der Waals surface area (Å²) in [5.74, 6) is 0.823. The number of benzene rings is 1. The Morgan fingerprint density at radius 3 is 2.36 bits per heavy atom. The number of hydrogen-bond donors (Lipinski definition) is 0.